The van der Waals surface area contributed by atoms with Crippen LogP contribution in [0.3, 0.4) is 0 Å². The predicted molar refractivity (Wildman–Crippen MR) is 246 cm³/mol. The fourth-order valence-corrected chi connectivity index (χ4v) is 8.29. The maximum atomic E-state index is 12.6. The topological polar surface area (TPSA) is 65.1 Å². The van der Waals surface area contributed by atoms with Gasteiger partial charge in [0, 0.05) is 19.4 Å². The number of carbonyl (C=O) groups excluding carboxylic acids is 2. The van der Waals surface area contributed by atoms with E-state index in [1.807, 2.05) is 0 Å². The van der Waals surface area contributed by atoms with Gasteiger partial charge < -0.3 is 19.1 Å². The minimum atomic E-state index is 0.0254. The van der Waals surface area contributed by atoms with Gasteiger partial charge in [-0.05, 0) is 95.7 Å². The van der Waals surface area contributed by atoms with Gasteiger partial charge in [0.05, 0.1) is 19.3 Å². The summed E-state index contributed by atoms with van der Waals surface area (Å²) in [5.41, 5.74) is 0. The molecule has 0 aliphatic rings. The Balaban J connectivity index is 4.31. The van der Waals surface area contributed by atoms with E-state index in [4.69, 9.17) is 14.2 Å². The number of carbonyl (C=O) groups is 2. The van der Waals surface area contributed by atoms with Crippen molar-refractivity contribution >= 4 is 11.9 Å². The highest BCUT2D eigenvalue weighted by molar-refractivity contribution is 5.70. The Labute approximate surface area is 356 Å². The molecule has 0 aromatic carbocycles. The number of ether oxygens (including phenoxy) is 3. The fraction of sp³-hybridized carbons (Fsp3) is 0.961. The van der Waals surface area contributed by atoms with E-state index in [1.165, 1.54) is 180 Å². The minimum Gasteiger partial charge on any atom is -0.466 e. The van der Waals surface area contributed by atoms with E-state index in [1.54, 1.807) is 0 Å². The van der Waals surface area contributed by atoms with Gasteiger partial charge in [-0.3, -0.25) is 9.59 Å². The van der Waals surface area contributed by atoms with E-state index in [0.717, 1.165) is 51.8 Å². The number of nitrogens with zero attached hydrogens (tertiary/aromatic N) is 1. The minimum absolute atomic E-state index is 0.0254. The summed E-state index contributed by atoms with van der Waals surface area (Å²) in [6.07, 6.45) is 40.3. The van der Waals surface area contributed by atoms with Crippen LogP contribution in [0.15, 0.2) is 0 Å². The average molecular weight is 808 g/mol. The monoisotopic (exact) mass is 808 g/mol. The van der Waals surface area contributed by atoms with Crippen LogP contribution in [0.2, 0.25) is 0 Å². The average Bonchev–Trinajstić information content (AvgIpc) is 3.20. The second-order valence-electron chi connectivity index (χ2n) is 17.6. The molecule has 0 aromatic heterocycles. The fourth-order valence-electron chi connectivity index (χ4n) is 8.29. The number of hydrogen-bond donors (Lipinski definition) is 0. The van der Waals surface area contributed by atoms with E-state index >= 15 is 0 Å². The van der Waals surface area contributed by atoms with Gasteiger partial charge in [0.25, 0.3) is 0 Å². The molecule has 0 rings (SSSR count). The summed E-state index contributed by atoms with van der Waals surface area (Å²) < 4.78 is 17.9. The van der Waals surface area contributed by atoms with Crippen LogP contribution in [0.5, 0.6) is 0 Å². The summed E-state index contributed by atoms with van der Waals surface area (Å²) in [5.74, 6) is 1.07. The lowest BCUT2D eigenvalue weighted by molar-refractivity contribution is -0.146. The number of esters is 2. The van der Waals surface area contributed by atoms with Crippen molar-refractivity contribution in [3.63, 3.8) is 0 Å². The Bertz CT molecular complexity index is 812. The molecule has 0 fully saturated rings. The Morgan fingerprint density at radius 1 is 0.386 bits per heavy atom. The van der Waals surface area contributed by atoms with Crippen LogP contribution < -0.4 is 0 Å². The zero-order chi connectivity index (χ0) is 41.9. The third-order valence-corrected chi connectivity index (χ3v) is 12.3. The Hall–Kier alpha value is -1.14. The van der Waals surface area contributed by atoms with Crippen LogP contribution in [-0.2, 0) is 23.8 Å². The number of rotatable bonds is 46. The molecular weight excluding hydrogens is 707 g/mol. The van der Waals surface area contributed by atoms with Crippen molar-refractivity contribution in [2.75, 3.05) is 39.5 Å². The first-order chi connectivity index (χ1) is 27.9. The summed E-state index contributed by atoms with van der Waals surface area (Å²) in [6, 6.07) is 0. The third-order valence-electron chi connectivity index (χ3n) is 12.3. The van der Waals surface area contributed by atoms with E-state index in [-0.39, 0.29) is 11.9 Å². The van der Waals surface area contributed by atoms with Crippen LogP contribution >= 0.6 is 0 Å². The summed E-state index contributed by atoms with van der Waals surface area (Å²) in [7, 11) is 0. The van der Waals surface area contributed by atoms with E-state index < -0.39 is 0 Å². The summed E-state index contributed by atoms with van der Waals surface area (Å²) in [6.45, 7) is 19.0. The first-order valence-electron chi connectivity index (χ1n) is 25.6. The Kier molecular flexibility index (Phi) is 43.5. The van der Waals surface area contributed by atoms with Crippen molar-refractivity contribution in [3.05, 3.63) is 0 Å². The van der Waals surface area contributed by atoms with E-state index in [9.17, 15) is 9.59 Å². The quantitative estimate of drug-likeness (QED) is 0.0451. The largest absolute Gasteiger partial charge is 0.466 e. The summed E-state index contributed by atoms with van der Waals surface area (Å²) in [4.78, 5) is 27.6. The van der Waals surface area contributed by atoms with Crippen molar-refractivity contribution in [1.29, 1.82) is 0 Å². The molecule has 0 radical (unpaired) electrons. The van der Waals surface area contributed by atoms with Gasteiger partial charge in [0.1, 0.15) is 0 Å². The van der Waals surface area contributed by atoms with Gasteiger partial charge in [-0.25, -0.2) is 0 Å². The van der Waals surface area contributed by atoms with Crippen LogP contribution in [0.1, 0.15) is 260 Å². The van der Waals surface area contributed by atoms with Crippen molar-refractivity contribution in [2.24, 2.45) is 11.8 Å². The summed E-state index contributed by atoms with van der Waals surface area (Å²) in [5, 5.41) is 0. The zero-order valence-electron chi connectivity index (χ0n) is 39.5. The van der Waals surface area contributed by atoms with Crippen molar-refractivity contribution in [1.82, 2.24) is 4.90 Å². The normalized spacial score (nSPS) is 12.3. The summed E-state index contributed by atoms with van der Waals surface area (Å²) >= 11 is 0. The molecule has 6 nitrogen and oxygen atoms in total. The van der Waals surface area contributed by atoms with Gasteiger partial charge in [-0.2, -0.15) is 0 Å². The van der Waals surface area contributed by atoms with Crippen LogP contribution in [0.25, 0.3) is 0 Å². The molecule has 0 amide bonds. The standard InChI is InChI=1S/C51H101NO5/c1-7-13-25-35-47(36-26-14-8-2)45-50(53)56-43-32-23-19-17-18-21-29-39-49(55-42-34-31-41-52(11-5)12-6)40-30-22-20-24-33-44-57-51(54)46-48(37-27-15-9-3)38-28-16-10-4/h47-49H,7-46H2,1-6H3. The zero-order valence-corrected chi connectivity index (χ0v) is 39.5. The maximum absolute atomic E-state index is 12.6. The molecule has 0 saturated carbocycles. The molecule has 340 valence electrons. The Morgan fingerprint density at radius 2 is 0.719 bits per heavy atom. The molecule has 0 aliphatic carbocycles. The van der Waals surface area contributed by atoms with Crippen molar-refractivity contribution < 1.29 is 23.8 Å². The van der Waals surface area contributed by atoms with E-state index in [0.29, 0.717) is 44.0 Å². The van der Waals surface area contributed by atoms with Crippen LogP contribution in [-0.4, -0.2) is 62.4 Å². The smallest absolute Gasteiger partial charge is 0.306 e. The van der Waals surface area contributed by atoms with Gasteiger partial charge >= 0.3 is 11.9 Å². The lowest BCUT2D eigenvalue weighted by Gasteiger charge is -2.20. The van der Waals surface area contributed by atoms with E-state index in [2.05, 4.69) is 46.4 Å². The molecular formula is C51H101NO5. The maximum Gasteiger partial charge on any atom is 0.306 e. The molecule has 0 N–H and O–H groups in total. The molecule has 0 aliphatic heterocycles. The Morgan fingerprint density at radius 3 is 1.09 bits per heavy atom. The highest BCUT2D eigenvalue weighted by atomic mass is 16.5. The number of hydrogen-bond acceptors (Lipinski definition) is 6. The molecule has 0 spiro atoms. The van der Waals surface area contributed by atoms with Crippen molar-refractivity contribution in [3.8, 4) is 0 Å². The van der Waals surface area contributed by atoms with Gasteiger partial charge in [0.2, 0.25) is 0 Å². The van der Waals surface area contributed by atoms with Crippen molar-refractivity contribution in [2.45, 2.75) is 266 Å². The number of unbranched alkanes of at least 4 members (excludes halogenated alkanes) is 19. The SMILES string of the molecule is CCCCCC(CCCCC)CC(=O)OCCCCCCCCCC(CCCCCCCOC(=O)CC(CCCCC)CCCCC)OCCCCN(CC)CC. The first kappa shape index (κ1) is 55.9. The van der Waals surface area contributed by atoms with Gasteiger partial charge in [-0.1, -0.05) is 183 Å². The molecule has 0 aromatic rings. The second-order valence-corrected chi connectivity index (χ2v) is 17.6. The lowest BCUT2D eigenvalue weighted by Crippen LogP contribution is -2.24. The predicted octanol–water partition coefficient (Wildman–Crippen LogP) is 15.4. The highest BCUT2D eigenvalue weighted by Gasteiger charge is 2.16. The second kappa shape index (κ2) is 44.4. The molecule has 57 heavy (non-hydrogen) atoms. The molecule has 0 bridgehead atoms. The van der Waals surface area contributed by atoms with Crippen LogP contribution in [0.4, 0.5) is 0 Å². The molecule has 6 heteroatoms. The van der Waals surface area contributed by atoms with Gasteiger partial charge in [-0.15, -0.1) is 0 Å². The van der Waals surface area contributed by atoms with Crippen LogP contribution in [0, 0.1) is 11.8 Å². The molecule has 1 unspecified atom stereocenters. The lowest BCUT2D eigenvalue weighted by atomic mass is 9.92. The first-order valence-corrected chi connectivity index (χ1v) is 25.6. The van der Waals surface area contributed by atoms with Gasteiger partial charge in [0.15, 0.2) is 0 Å². The molecule has 1 atom stereocenters. The third kappa shape index (κ3) is 38.8. The molecule has 0 heterocycles. The highest BCUT2D eigenvalue weighted by Crippen LogP contribution is 2.23. The molecule has 0 saturated heterocycles.